The second-order valence-electron chi connectivity index (χ2n) is 6.22. The van der Waals surface area contributed by atoms with Gasteiger partial charge in [0.25, 0.3) is 0 Å². The molecule has 0 unspecified atom stereocenters. The molecular weight excluding hydrogens is 343 g/mol. The lowest BCUT2D eigenvalue weighted by atomic mass is 10.1. The monoisotopic (exact) mass is 358 g/mol. The Hall–Kier alpha value is -3.20. The van der Waals surface area contributed by atoms with E-state index in [2.05, 4.69) is 5.16 Å². The number of aromatic nitrogens is 2. The van der Waals surface area contributed by atoms with Crippen molar-refractivity contribution in [1.29, 1.82) is 0 Å². The molecule has 3 aromatic rings. The van der Waals surface area contributed by atoms with Crippen LogP contribution in [0.1, 0.15) is 16.8 Å². The first-order valence-corrected chi connectivity index (χ1v) is 7.99. The van der Waals surface area contributed by atoms with Crippen LogP contribution in [0.4, 0.5) is 10.1 Å². The summed E-state index contributed by atoms with van der Waals surface area (Å²) in [5, 5.41) is 13.0. The highest BCUT2D eigenvalue weighted by Gasteiger charge is 2.24. The fourth-order valence-electron chi connectivity index (χ4n) is 3.26. The third kappa shape index (κ3) is 2.53. The largest absolute Gasteiger partial charge is 0.477 e. The van der Waals surface area contributed by atoms with Crippen LogP contribution in [0.3, 0.4) is 0 Å². The van der Waals surface area contributed by atoms with E-state index in [1.54, 1.807) is 0 Å². The minimum absolute atomic E-state index is 0.0438. The Kier molecular flexibility index (Phi) is 3.73. The molecule has 1 fully saturated rings. The summed E-state index contributed by atoms with van der Waals surface area (Å²) in [6, 6.07) is 4.06. The van der Waals surface area contributed by atoms with Gasteiger partial charge in [-0.2, -0.15) is 0 Å². The number of nitrogens with two attached hydrogens (primary N) is 1. The average Bonchev–Trinajstić information content (AvgIpc) is 3.26. The Morgan fingerprint density at radius 1 is 1.42 bits per heavy atom. The number of carboxylic acid groups (broad SMARTS) is 1. The highest BCUT2D eigenvalue weighted by atomic mass is 19.1. The van der Waals surface area contributed by atoms with Crippen molar-refractivity contribution in [3.05, 3.63) is 52.3 Å². The number of fused-ring (bicyclic) bond motifs is 1. The molecule has 9 heteroatoms. The van der Waals surface area contributed by atoms with Gasteiger partial charge in [-0.3, -0.25) is 9.36 Å². The summed E-state index contributed by atoms with van der Waals surface area (Å²) in [6.07, 6.45) is 3.23. The van der Waals surface area contributed by atoms with Crippen molar-refractivity contribution in [1.82, 2.24) is 9.72 Å². The molecule has 0 saturated carbocycles. The number of carbonyl (C=O) groups is 1. The number of hydrogen-bond donors (Lipinski definition) is 2. The van der Waals surface area contributed by atoms with Gasteiger partial charge in [0, 0.05) is 31.4 Å². The van der Waals surface area contributed by atoms with Crippen molar-refractivity contribution < 1.29 is 18.8 Å². The summed E-state index contributed by atoms with van der Waals surface area (Å²) in [6.45, 7) is 1.11. The van der Waals surface area contributed by atoms with E-state index in [-0.39, 0.29) is 17.2 Å². The zero-order chi connectivity index (χ0) is 18.4. The van der Waals surface area contributed by atoms with Gasteiger partial charge < -0.3 is 20.3 Å². The van der Waals surface area contributed by atoms with Crippen LogP contribution in [0.5, 0.6) is 0 Å². The molecule has 1 aliphatic heterocycles. The molecule has 1 atom stereocenters. The number of benzene rings is 1. The van der Waals surface area contributed by atoms with E-state index in [9.17, 15) is 19.1 Å². The second kappa shape index (κ2) is 5.95. The number of pyridine rings is 1. The van der Waals surface area contributed by atoms with Crippen LogP contribution < -0.4 is 16.1 Å². The van der Waals surface area contributed by atoms with E-state index in [1.807, 2.05) is 4.90 Å². The van der Waals surface area contributed by atoms with Gasteiger partial charge in [0.15, 0.2) is 5.82 Å². The lowest BCUT2D eigenvalue weighted by molar-refractivity contribution is 0.0695. The quantitative estimate of drug-likeness (QED) is 0.726. The molecule has 26 heavy (non-hydrogen) atoms. The van der Waals surface area contributed by atoms with Crippen molar-refractivity contribution in [2.24, 2.45) is 5.73 Å². The Balaban J connectivity index is 2.02. The standard InChI is InChI=1S/C17H15FN4O4/c18-12-5-10-13(6-14(12)21-3-1-9(19)7-21)22(15-2-4-26-20-15)8-11(16(10)23)17(24)25/h2,4-6,8-9H,1,3,7,19H2,(H,24,25)/t9-/m0/s1. The number of aromatic carboxylic acids is 1. The number of hydrogen-bond acceptors (Lipinski definition) is 6. The van der Waals surface area contributed by atoms with Crippen molar-refractivity contribution in [2.75, 3.05) is 18.0 Å². The Morgan fingerprint density at radius 2 is 2.23 bits per heavy atom. The van der Waals surface area contributed by atoms with E-state index in [1.165, 1.54) is 29.2 Å². The SMILES string of the molecule is N[C@H]1CCN(c2cc3c(cc2F)c(=O)c(C(=O)O)cn3-c2ccon2)C1. The van der Waals surface area contributed by atoms with Gasteiger partial charge in [0.1, 0.15) is 17.6 Å². The fourth-order valence-corrected chi connectivity index (χ4v) is 3.26. The number of nitrogens with zero attached hydrogens (tertiary/aromatic N) is 3. The lowest BCUT2D eigenvalue weighted by Gasteiger charge is -2.20. The van der Waals surface area contributed by atoms with E-state index >= 15 is 0 Å². The average molecular weight is 358 g/mol. The van der Waals surface area contributed by atoms with Gasteiger partial charge in [-0.25, -0.2) is 9.18 Å². The first-order chi connectivity index (χ1) is 12.5. The Bertz CT molecular complexity index is 1060. The Labute approximate surface area is 146 Å². The number of carboxylic acids is 1. The summed E-state index contributed by atoms with van der Waals surface area (Å²) >= 11 is 0. The van der Waals surface area contributed by atoms with Gasteiger partial charge in [-0.05, 0) is 18.6 Å². The first kappa shape index (κ1) is 16.3. The molecule has 4 rings (SSSR count). The van der Waals surface area contributed by atoms with Gasteiger partial charge in [-0.1, -0.05) is 5.16 Å². The van der Waals surface area contributed by atoms with Crippen LogP contribution in [0.2, 0.25) is 0 Å². The third-order valence-corrected chi connectivity index (χ3v) is 4.54. The smallest absolute Gasteiger partial charge is 0.341 e. The predicted molar refractivity (Wildman–Crippen MR) is 91.3 cm³/mol. The van der Waals surface area contributed by atoms with Crippen molar-refractivity contribution in [3.8, 4) is 5.82 Å². The molecule has 2 aromatic heterocycles. The van der Waals surface area contributed by atoms with E-state index in [0.717, 1.165) is 12.5 Å². The van der Waals surface area contributed by atoms with Crippen molar-refractivity contribution >= 4 is 22.6 Å². The summed E-state index contributed by atoms with van der Waals surface area (Å²) in [4.78, 5) is 25.7. The van der Waals surface area contributed by atoms with E-state index in [0.29, 0.717) is 24.3 Å². The topological polar surface area (TPSA) is 115 Å². The summed E-state index contributed by atoms with van der Waals surface area (Å²) in [7, 11) is 0. The molecule has 3 N–H and O–H groups in total. The van der Waals surface area contributed by atoms with Crippen LogP contribution in [0, 0.1) is 5.82 Å². The number of anilines is 1. The second-order valence-corrected chi connectivity index (χ2v) is 6.22. The lowest BCUT2D eigenvalue weighted by Crippen LogP contribution is -2.27. The van der Waals surface area contributed by atoms with Crippen LogP contribution in [0.25, 0.3) is 16.7 Å². The number of rotatable bonds is 3. The van der Waals surface area contributed by atoms with Gasteiger partial charge in [0.05, 0.1) is 16.6 Å². The predicted octanol–water partition coefficient (Wildman–Crippen LogP) is 1.35. The van der Waals surface area contributed by atoms with Gasteiger partial charge in [0.2, 0.25) is 5.43 Å². The maximum absolute atomic E-state index is 14.7. The van der Waals surface area contributed by atoms with Crippen molar-refractivity contribution in [2.45, 2.75) is 12.5 Å². The van der Waals surface area contributed by atoms with Gasteiger partial charge in [-0.15, -0.1) is 0 Å². The molecule has 0 spiro atoms. The minimum Gasteiger partial charge on any atom is -0.477 e. The van der Waals surface area contributed by atoms with Gasteiger partial charge >= 0.3 is 5.97 Å². The zero-order valence-electron chi connectivity index (χ0n) is 13.6. The highest BCUT2D eigenvalue weighted by molar-refractivity contribution is 5.94. The molecule has 1 saturated heterocycles. The maximum atomic E-state index is 14.7. The fraction of sp³-hybridized carbons (Fsp3) is 0.235. The van der Waals surface area contributed by atoms with Crippen LogP contribution in [0.15, 0.2) is 40.0 Å². The van der Waals surface area contributed by atoms with Crippen LogP contribution >= 0.6 is 0 Å². The molecule has 1 aliphatic rings. The summed E-state index contributed by atoms with van der Waals surface area (Å²) in [5.74, 6) is -1.71. The third-order valence-electron chi connectivity index (χ3n) is 4.54. The highest BCUT2D eigenvalue weighted by Crippen LogP contribution is 2.28. The molecule has 0 aliphatic carbocycles. The minimum atomic E-state index is -1.40. The molecule has 134 valence electrons. The normalized spacial score (nSPS) is 17.2. The molecule has 0 radical (unpaired) electrons. The summed E-state index contributed by atoms with van der Waals surface area (Å²) in [5.41, 5.74) is 5.32. The van der Waals surface area contributed by atoms with E-state index < -0.39 is 22.8 Å². The maximum Gasteiger partial charge on any atom is 0.341 e. The Morgan fingerprint density at radius 3 is 2.85 bits per heavy atom. The zero-order valence-corrected chi connectivity index (χ0v) is 13.6. The van der Waals surface area contributed by atoms with Crippen LogP contribution in [-0.2, 0) is 0 Å². The molecule has 3 heterocycles. The molecule has 0 amide bonds. The van der Waals surface area contributed by atoms with Crippen molar-refractivity contribution in [3.63, 3.8) is 0 Å². The molecular formula is C17H15FN4O4. The summed E-state index contributed by atoms with van der Waals surface area (Å²) < 4.78 is 20.9. The van der Waals surface area contributed by atoms with Crippen LogP contribution in [-0.4, -0.2) is 39.9 Å². The molecule has 8 nitrogen and oxygen atoms in total. The molecule has 0 bridgehead atoms. The molecule has 1 aromatic carbocycles. The first-order valence-electron chi connectivity index (χ1n) is 7.99. The van der Waals surface area contributed by atoms with E-state index in [4.69, 9.17) is 10.3 Å². The number of halogens is 1.